The van der Waals surface area contributed by atoms with E-state index in [9.17, 15) is 13.6 Å². The van der Waals surface area contributed by atoms with Crippen molar-refractivity contribution < 1.29 is 18.7 Å². The fourth-order valence-corrected chi connectivity index (χ4v) is 1.59. The Morgan fingerprint density at radius 1 is 1.39 bits per heavy atom. The Morgan fingerprint density at radius 3 is 2.33 bits per heavy atom. The van der Waals surface area contributed by atoms with E-state index in [0.717, 1.165) is 16.8 Å². The molecule has 0 saturated carbocycles. The number of aryl methyl sites for hydroxylation is 1. The third-order valence-electron chi connectivity index (χ3n) is 2.33. The average Bonchev–Trinajstić information content (AvgIpc) is 2.57. The summed E-state index contributed by atoms with van der Waals surface area (Å²) in [6, 6.07) is 1.46. The van der Waals surface area contributed by atoms with Crippen molar-refractivity contribution in [1.29, 1.82) is 0 Å². The number of rotatable bonds is 2. The Labute approximate surface area is 105 Å². The number of hydrogen-bond donors (Lipinski definition) is 1. The van der Waals surface area contributed by atoms with E-state index < -0.39 is 28.9 Å². The molecule has 0 radical (unpaired) electrons. The van der Waals surface area contributed by atoms with Gasteiger partial charge >= 0.3 is 5.97 Å². The van der Waals surface area contributed by atoms with E-state index in [1.165, 1.54) is 6.20 Å². The zero-order valence-corrected chi connectivity index (χ0v) is 9.87. The lowest BCUT2D eigenvalue weighted by Gasteiger charge is -2.06. The van der Waals surface area contributed by atoms with Crippen molar-refractivity contribution >= 4 is 17.6 Å². The summed E-state index contributed by atoms with van der Waals surface area (Å²) in [5.41, 5.74) is -0.517. The molecule has 0 aliphatic rings. The minimum atomic E-state index is -1.41. The van der Waals surface area contributed by atoms with Crippen LogP contribution in [0.25, 0.3) is 5.69 Å². The zero-order valence-electron chi connectivity index (χ0n) is 9.12. The van der Waals surface area contributed by atoms with Gasteiger partial charge in [-0.15, -0.1) is 0 Å². The molecule has 0 unspecified atom stereocenters. The summed E-state index contributed by atoms with van der Waals surface area (Å²) >= 11 is 5.74. The zero-order chi connectivity index (χ0) is 13.4. The molecule has 1 aromatic carbocycles. The highest BCUT2D eigenvalue weighted by Gasteiger charge is 2.17. The molecule has 0 atom stereocenters. The summed E-state index contributed by atoms with van der Waals surface area (Å²) in [7, 11) is 0. The summed E-state index contributed by atoms with van der Waals surface area (Å²) in [6.45, 7) is 1.58. The monoisotopic (exact) mass is 272 g/mol. The van der Waals surface area contributed by atoms with Crippen LogP contribution in [-0.2, 0) is 0 Å². The number of halogens is 3. The predicted molar refractivity (Wildman–Crippen MR) is 60.2 cm³/mol. The molecule has 0 spiro atoms. The van der Waals surface area contributed by atoms with E-state index >= 15 is 0 Å². The maximum absolute atomic E-state index is 13.7. The molecular formula is C11H7ClF2N2O2. The smallest absolute Gasteiger partial charge is 0.335 e. The molecule has 2 rings (SSSR count). The fraction of sp³-hybridized carbons (Fsp3) is 0.0909. The van der Waals surface area contributed by atoms with Gasteiger partial charge in [-0.05, 0) is 19.1 Å². The van der Waals surface area contributed by atoms with Gasteiger partial charge in [-0.1, -0.05) is 11.6 Å². The summed E-state index contributed by atoms with van der Waals surface area (Å²) in [5, 5.41) is 12.8. The van der Waals surface area contributed by atoms with Gasteiger partial charge in [-0.25, -0.2) is 18.3 Å². The van der Waals surface area contributed by atoms with Crippen LogP contribution >= 0.6 is 11.6 Å². The Balaban J connectivity index is 2.62. The van der Waals surface area contributed by atoms with Crippen LogP contribution in [0.2, 0.25) is 5.02 Å². The topological polar surface area (TPSA) is 55.1 Å². The predicted octanol–water partition coefficient (Wildman–Crippen LogP) is 2.81. The van der Waals surface area contributed by atoms with Crippen LogP contribution in [0.4, 0.5) is 8.78 Å². The highest BCUT2D eigenvalue weighted by molar-refractivity contribution is 6.31. The van der Waals surface area contributed by atoms with Crippen molar-refractivity contribution in [3.8, 4) is 5.69 Å². The number of aromatic carboxylic acids is 1. The van der Waals surface area contributed by atoms with Crippen LogP contribution in [0.15, 0.2) is 18.3 Å². The van der Waals surface area contributed by atoms with Crippen LogP contribution in [-0.4, -0.2) is 20.9 Å². The lowest BCUT2D eigenvalue weighted by molar-refractivity contribution is 0.0695. The molecule has 1 aromatic heterocycles. The summed E-state index contributed by atoms with van der Waals surface area (Å²) in [4.78, 5) is 10.6. The first-order valence-electron chi connectivity index (χ1n) is 4.84. The summed E-state index contributed by atoms with van der Waals surface area (Å²) < 4.78 is 28.3. The van der Waals surface area contributed by atoms with Gasteiger partial charge in [0.25, 0.3) is 0 Å². The SMILES string of the molecule is Cc1nn(-c2c(F)cc(C(=O)O)cc2F)cc1Cl. The molecule has 1 N–H and O–H groups in total. The van der Waals surface area contributed by atoms with Gasteiger partial charge in [0.05, 0.1) is 16.3 Å². The third kappa shape index (κ3) is 2.06. The van der Waals surface area contributed by atoms with E-state index in [2.05, 4.69) is 5.10 Å². The Hall–Kier alpha value is -1.95. The van der Waals surface area contributed by atoms with E-state index in [4.69, 9.17) is 16.7 Å². The molecule has 2 aromatic rings. The second kappa shape index (κ2) is 4.38. The molecule has 0 aliphatic heterocycles. The Kier molecular flexibility index (Phi) is 3.04. The second-order valence-corrected chi connectivity index (χ2v) is 4.01. The number of aromatic nitrogens is 2. The lowest BCUT2D eigenvalue weighted by Crippen LogP contribution is -2.06. The van der Waals surface area contributed by atoms with Crippen molar-refractivity contribution in [1.82, 2.24) is 9.78 Å². The minimum absolute atomic E-state index is 0.260. The lowest BCUT2D eigenvalue weighted by atomic mass is 10.2. The van der Waals surface area contributed by atoms with Crippen LogP contribution in [0.5, 0.6) is 0 Å². The maximum Gasteiger partial charge on any atom is 0.335 e. The van der Waals surface area contributed by atoms with Gasteiger partial charge in [-0.3, -0.25) is 0 Å². The highest BCUT2D eigenvalue weighted by Crippen LogP contribution is 2.22. The van der Waals surface area contributed by atoms with Gasteiger partial charge in [0.2, 0.25) is 0 Å². The van der Waals surface area contributed by atoms with Crippen molar-refractivity contribution in [3.63, 3.8) is 0 Å². The molecule has 7 heteroatoms. The first-order chi connectivity index (χ1) is 8.40. The Morgan fingerprint density at radius 2 is 1.94 bits per heavy atom. The maximum atomic E-state index is 13.7. The molecule has 4 nitrogen and oxygen atoms in total. The van der Waals surface area contributed by atoms with E-state index in [0.29, 0.717) is 5.69 Å². The van der Waals surface area contributed by atoms with Crippen molar-refractivity contribution in [2.24, 2.45) is 0 Å². The molecule has 0 aliphatic carbocycles. The van der Waals surface area contributed by atoms with Crippen LogP contribution in [0.3, 0.4) is 0 Å². The number of carboxylic acids is 1. The van der Waals surface area contributed by atoms with Gasteiger partial charge in [0.15, 0.2) is 11.6 Å². The van der Waals surface area contributed by atoms with Crippen LogP contribution in [0.1, 0.15) is 16.1 Å². The number of carboxylic acid groups (broad SMARTS) is 1. The molecular weight excluding hydrogens is 266 g/mol. The minimum Gasteiger partial charge on any atom is -0.478 e. The molecule has 0 amide bonds. The van der Waals surface area contributed by atoms with Crippen LogP contribution < -0.4 is 0 Å². The number of hydrogen-bond acceptors (Lipinski definition) is 2. The van der Waals surface area contributed by atoms with Crippen molar-refractivity contribution in [2.45, 2.75) is 6.92 Å². The van der Waals surface area contributed by atoms with Crippen molar-refractivity contribution in [2.75, 3.05) is 0 Å². The normalized spacial score (nSPS) is 10.7. The molecule has 18 heavy (non-hydrogen) atoms. The van der Waals surface area contributed by atoms with E-state index in [1.54, 1.807) is 6.92 Å². The summed E-state index contributed by atoms with van der Waals surface area (Å²) in [5.74, 6) is -3.45. The third-order valence-corrected chi connectivity index (χ3v) is 2.70. The second-order valence-electron chi connectivity index (χ2n) is 3.60. The number of benzene rings is 1. The average molecular weight is 273 g/mol. The molecule has 0 saturated heterocycles. The quantitative estimate of drug-likeness (QED) is 0.914. The van der Waals surface area contributed by atoms with Crippen molar-refractivity contribution in [3.05, 3.63) is 46.2 Å². The molecule has 1 heterocycles. The van der Waals surface area contributed by atoms with Gasteiger partial charge in [0, 0.05) is 6.20 Å². The molecule has 94 valence electrons. The number of nitrogens with zero attached hydrogens (tertiary/aromatic N) is 2. The standard InChI is InChI=1S/C11H7ClF2N2O2/c1-5-7(12)4-16(15-5)10-8(13)2-6(11(17)18)3-9(10)14/h2-4H,1H3,(H,17,18). The van der Waals surface area contributed by atoms with Gasteiger partial charge < -0.3 is 5.11 Å². The van der Waals surface area contributed by atoms with Gasteiger partial charge in [0.1, 0.15) is 5.69 Å². The molecule has 0 fully saturated rings. The summed E-state index contributed by atoms with van der Waals surface area (Å²) in [6.07, 6.45) is 1.25. The van der Waals surface area contributed by atoms with E-state index in [1.807, 2.05) is 0 Å². The van der Waals surface area contributed by atoms with Crippen LogP contribution in [0, 0.1) is 18.6 Å². The first-order valence-corrected chi connectivity index (χ1v) is 5.22. The first kappa shape index (κ1) is 12.5. The van der Waals surface area contributed by atoms with Gasteiger partial charge in [-0.2, -0.15) is 5.10 Å². The number of carbonyl (C=O) groups is 1. The van der Waals surface area contributed by atoms with E-state index in [-0.39, 0.29) is 5.02 Å². The largest absolute Gasteiger partial charge is 0.478 e. The highest BCUT2D eigenvalue weighted by atomic mass is 35.5. The molecule has 0 bridgehead atoms. The fourth-order valence-electron chi connectivity index (χ4n) is 1.46. The Bertz CT molecular complexity index is 597.